The first-order valence-corrected chi connectivity index (χ1v) is 3.39. The van der Waals surface area contributed by atoms with Crippen LogP contribution in [0.4, 0.5) is 0 Å². The van der Waals surface area contributed by atoms with Gasteiger partial charge in [0.15, 0.2) is 0 Å². The van der Waals surface area contributed by atoms with Gasteiger partial charge < -0.3 is 11.5 Å². The summed E-state index contributed by atoms with van der Waals surface area (Å²) in [6.07, 6.45) is 0. The van der Waals surface area contributed by atoms with Crippen molar-refractivity contribution in [2.45, 2.75) is 20.8 Å². The Balaban J connectivity index is 4.22. The zero-order chi connectivity index (χ0) is 8.36. The Morgan fingerprint density at radius 2 is 1.90 bits per heavy atom. The molecule has 1 atom stereocenters. The fourth-order valence-corrected chi connectivity index (χ4v) is 0.896. The zero-order valence-corrected chi connectivity index (χ0v) is 6.85. The van der Waals surface area contributed by atoms with Gasteiger partial charge in [-0.1, -0.05) is 20.8 Å². The number of primary amides is 1. The van der Waals surface area contributed by atoms with Crippen LogP contribution in [0.5, 0.6) is 0 Å². The van der Waals surface area contributed by atoms with Gasteiger partial charge in [-0.05, 0) is 5.41 Å². The van der Waals surface area contributed by atoms with Gasteiger partial charge in [-0.2, -0.15) is 0 Å². The number of rotatable bonds is 2. The third-order valence-electron chi connectivity index (χ3n) is 1.62. The van der Waals surface area contributed by atoms with E-state index in [2.05, 4.69) is 0 Å². The third kappa shape index (κ3) is 2.35. The minimum Gasteiger partial charge on any atom is -0.369 e. The topological polar surface area (TPSA) is 69.1 Å². The standard InChI is InChI=1S/C7H16N2O/c1-7(2,3)5(4-8)6(9)10/h5H,4,8H2,1-3H3,(H2,9,10). The van der Waals surface area contributed by atoms with Crippen molar-refractivity contribution in [2.24, 2.45) is 22.8 Å². The number of amides is 1. The predicted octanol–water partition coefficient (Wildman–Crippen LogP) is 0.0927. The van der Waals surface area contributed by atoms with Crippen LogP contribution in [-0.2, 0) is 4.79 Å². The van der Waals surface area contributed by atoms with E-state index in [1.54, 1.807) is 0 Å². The molecule has 0 aromatic heterocycles. The summed E-state index contributed by atoms with van der Waals surface area (Å²) in [6.45, 7) is 6.19. The summed E-state index contributed by atoms with van der Waals surface area (Å²) in [5.74, 6) is -0.525. The van der Waals surface area contributed by atoms with Gasteiger partial charge in [0.05, 0.1) is 5.92 Å². The summed E-state index contributed by atoms with van der Waals surface area (Å²) in [5, 5.41) is 0. The van der Waals surface area contributed by atoms with Crippen LogP contribution in [0.3, 0.4) is 0 Å². The molecule has 0 saturated heterocycles. The molecule has 1 amide bonds. The maximum Gasteiger partial charge on any atom is 0.222 e. The van der Waals surface area contributed by atoms with E-state index in [0.29, 0.717) is 6.54 Å². The smallest absolute Gasteiger partial charge is 0.222 e. The van der Waals surface area contributed by atoms with Gasteiger partial charge in [-0.25, -0.2) is 0 Å². The van der Waals surface area contributed by atoms with E-state index in [1.165, 1.54) is 0 Å². The molecule has 0 radical (unpaired) electrons. The first-order valence-electron chi connectivity index (χ1n) is 3.39. The highest BCUT2D eigenvalue weighted by molar-refractivity contribution is 5.77. The molecular weight excluding hydrogens is 128 g/mol. The number of hydrogen-bond donors (Lipinski definition) is 2. The van der Waals surface area contributed by atoms with Crippen LogP contribution in [0.1, 0.15) is 20.8 Å². The predicted molar refractivity (Wildman–Crippen MR) is 41.2 cm³/mol. The molecular formula is C7H16N2O. The van der Waals surface area contributed by atoms with Crippen LogP contribution in [0.25, 0.3) is 0 Å². The van der Waals surface area contributed by atoms with E-state index in [-0.39, 0.29) is 17.2 Å². The maximum atomic E-state index is 10.7. The van der Waals surface area contributed by atoms with E-state index in [1.807, 2.05) is 20.8 Å². The summed E-state index contributed by atoms with van der Waals surface area (Å²) in [5.41, 5.74) is 10.4. The SMILES string of the molecule is CC(C)(C)C(CN)C(N)=O. The highest BCUT2D eigenvalue weighted by Crippen LogP contribution is 2.24. The lowest BCUT2D eigenvalue weighted by Crippen LogP contribution is -2.39. The lowest BCUT2D eigenvalue weighted by molar-refractivity contribution is -0.124. The molecule has 0 rings (SSSR count). The summed E-state index contributed by atoms with van der Waals surface area (Å²) in [6, 6.07) is 0. The minimum absolute atomic E-state index is 0.111. The van der Waals surface area contributed by atoms with Gasteiger partial charge in [0.25, 0.3) is 0 Å². The van der Waals surface area contributed by atoms with Crippen molar-refractivity contribution in [1.29, 1.82) is 0 Å². The van der Waals surface area contributed by atoms with Crippen LogP contribution in [0.15, 0.2) is 0 Å². The number of nitrogens with two attached hydrogens (primary N) is 2. The van der Waals surface area contributed by atoms with E-state index in [9.17, 15) is 4.79 Å². The van der Waals surface area contributed by atoms with Crippen LogP contribution in [-0.4, -0.2) is 12.5 Å². The van der Waals surface area contributed by atoms with Gasteiger partial charge in [-0.15, -0.1) is 0 Å². The minimum atomic E-state index is -0.310. The molecule has 3 heteroatoms. The van der Waals surface area contributed by atoms with Crippen molar-refractivity contribution >= 4 is 5.91 Å². The Hall–Kier alpha value is -0.570. The lowest BCUT2D eigenvalue weighted by Gasteiger charge is -2.26. The Kier molecular flexibility index (Phi) is 2.84. The normalized spacial score (nSPS) is 14.8. The Morgan fingerprint density at radius 3 is 1.90 bits per heavy atom. The summed E-state index contributed by atoms with van der Waals surface area (Å²) in [4.78, 5) is 10.7. The van der Waals surface area contributed by atoms with Crippen LogP contribution in [0.2, 0.25) is 0 Å². The summed E-state index contributed by atoms with van der Waals surface area (Å²) >= 11 is 0. The number of carbonyl (C=O) groups is 1. The monoisotopic (exact) mass is 144 g/mol. The van der Waals surface area contributed by atoms with Gasteiger partial charge >= 0.3 is 0 Å². The second-order valence-electron chi connectivity index (χ2n) is 3.56. The Bertz CT molecular complexity index is 126. The van der Waals surface area contributed by atoms with Crippen LogP contribution < -0.4 is 11.5 Å². The molecule has 60 valence electrons. The first-order chi connectivity index (χ1) is 4.39. The molecule has 0 aliphatic carbocycles. The van der Waals surface area contributed by atoms with E-state index < -0.39 is 0 Å². The largest absolute Gasteiger partial charge is 0.369 e. The Morgan fingerprint density at radius 1 is 1.50 bits per heavy atom. The molecule has 0 aromatic carbocycles. The molecule has 1 unspecified atom stereocenters. The van der Waals surface area contributed by atoms with E-state index in [0.717, 1.165) is 0 Å². The zero-order valence-electron chi connectivity index (χ0n) is 6.85. The van der Waals surface area contributed by atoms with Crippen molar-refractivity contribution in [2.75, 3.05) is 6.54 Å². The average molecular weight is 144 g/mol. The molecule has 0 spiro atoms. The molecule has 0 aliphatic heterocycles. The molecule has 4 N–H and O–H groups in total. The summed E-state index contributed by atoms with van der Waals surface area (Å²) in [7, 11) is 0. The third-order valence-corrected chi connectivity index (χ3v) is 1.62. The fourth-order valence-electron chi connectivity index (χ4n) is 0.896. The van der Waals surface area contributed by atoms with Gasteiger partial charge in [-0.3, -0.25) is 4.79 Å². The van der Waals surface area contributed by atoms with Crippen LogP contribution in [0, 0.1) is 11.3 Å². The Labute approximate surface area is 61.8 Å². The highest BCUT2D eigenvalue weighted by atomic mass is 16.1. The van der Waals surface area contributed by atoms with Crippen molar-refractivity contribution in [3.63, 3.8) is 0 Å². The maximum absolute atomic E-state index is 10.7. The molecule has 0 heterocycles. The second kappa shape index (κ2) is 3.01. The van der Waals surface area contributed by atoms with Crippen molar-refractivity contribution < 1.29 is 4.79 Å². The molecule has 0 aliphatic rings. The lowest BCUT2D eigenvalue weighted by atomic mass is 9.80. The number of hydrogen-bond acceptors (Lipinski definition) is 2. The second-order valence-corrected chi connectivity index (χ2v) is 3.56. The highest BCUT2D eigenvalue weighted by Gasteiger charge is 2.27. The van der Waals surface area contributed by atoms with Gasteiger partial charge in [0.1, 0.15) is 0 Å². The van der Waals surface area contributed by atoms with E-state index >= 15 is 0 Å². The number of carbonyl (C=O) groups excluding carboxylic acids is 1. The molecule has 3 nitrogen and oxygen atoms in total. The molecule has 10 heavy (non-hydrogen) atoms. The van der Waals surface area contributed by atoms with Crippen LogP contribution >= 0.6 is 0 Å². The fraction of sp³-hybridized carbons (Fsp3) is 0.857. The first kappa shape index (κ1) is 9.43. The van der Waals surface area contributed by atoms with Gasteiger partial charge in [0.2, 0.25) is 5.91 Å². The molecule has 0 fully saturated rings. The molecule has 0 bridgehead atoms. The molecule has 0 aromatic rings. The summed E-state index contributed by atoms with van der Waals surface area (Å²) < 4.78 is 0. The van der Waals surface area contributed by atoms with Gasteiger partial charge in [0, 0.05) is 6.54 Å². The molecule has 0 saturated carbocycles. The van der Waals surface area contributed by atoms with Crippen molar-refractivity contribution in [1.82, 2.24) is 0 Å². The van der Waals surface area contributed by atoms with Crippen molar-refractivity contribution in [3.8, 4) is 0 Å². The average Bonchev–Trinajstić information content (AvgIpc) is 1.60. The van der Waals surface area contributed by atoms with Crippen molar-refractivity contribution in [3.05, 3.63) is 0 Å². The quantitative estimate of drug-likeness (QED) is 0.576. The van der Waals surface area contributed by atoms with E-state index in [4.69, 9.17) is 11.5 Å².